The van der Waals surface area contributed by atoms with E-state index in [-0.39, 0.29) is 4.47 Å². The minimum absolute atomic E-state index is 0.272. The van der Waals surface area contributed by atoms with Gasteiger partial charge in [-0.05, 0) is 29.3 Å². The number of nitrogens with one attached hydrogen (secondary N) is 1. The molecule has 0 aromatic heterocycles. The molecule has 1 unspecified atom stereocenters. The Morgan fingerprint density at radius 1 is 1.53 bits per heavy atom. The molecule has 0 aliphatic carbocycles. The number of hydrogen-bond acceptors (Lipinski definition) is 4. The molecule has 0 heterocycles. The second-order valence-corrected chi connectivity index (χ2v) is 6.46. The highest BCUT2D eigenvalue weighted by Crippen LogP contribution is 2.28. The average molecular weight is 355 g/mol. The van der Waals surface area contributed by atoms with Gasteiger partial charge in [-0.3, -0.25) is 10.1 Å². The molecule has 19 heavy (non-hydrogen) atoms. The zero-order chi connectivity index (χ0) is 14.8. The Hall–Kier alpha value is -1.06. The summed E-state index contributed by atoms with van der Waals surface area (Å²) in [6, 6.07) is 1.21. The molecule has 0 bridgehead atoms. The maximum atomic E-state index is 13.8. The highest BCUT2D eigenvalue weighted by Gasteiger charge is 2.26. The average Bonchev–Trinajstić information content (AvgIpc) is 2.31. The van der Waals surface area contributed by atoms with Gasteiger partial charge in [-0.15, -0.1) is 0 Å². The number of benzene rings is 1. The number of rotatable bonds is 5. The van der Waals surface area contributed by atoms with Crippen LogP contribution in [-0.4, -0.2) is 19.4 Å². The molecule has 0 saturated heterocycles. The summed E-state index contributed by atoms with van der Waals surface area (Å²) in [4.78, 5) is 9.14. The van der Waals surface area contributed by atoms with Crippen molar-refractivity contribution in [3.63, 3.8) is 0 Å². The zero-order valence-electron chi connectivity index (χ0n) is 10.2. The summed E-state index contributed by atoms with van der Waals surface area (Å²) in [6.07, 6.45) is 0.511. The first-order chi connectivity index (χ1) is 8.69. The summed E-state index contributed by atoms with van der Waals surface area (Å²) in [5, 5.41) is 10.7. The molecular weight excluding hydrogens is 343 g/mol. The van der Waals surface area contributed by atoms with E-state index in [2.05, 4.69) is 20.7 Å². The second kappa shape index (κ2) is 5.93. The van der Waals surface area contributed by atoms with E-state index >= 15 is 0 Å². The molecule has 1 aromatic carbocycles. The van der Waals surface area contributed by atoms with Crippen LogP contribution < -0.4 is 4.72 Å². The lowest BCUT2D eigenvalue weighted by Gasteiger charge is -2.13. The van der Waals surface area contributed by atoms with Gasteiger partial charge in [0, 0.05) is 18.2 Å². The van der Waals surface area contributed by atoms with Crippen molar-refractivity contribution in [3.8, 4) is 0 Å². The highest BCUT2D eigenvalue weighted by molar-refractivity contribution is 9.10. The fraction of sp³-hybridized carbons (Fsp3) is 0.400. The van der Waals surface area contributed by atoms with Crippen molar-refractivity contribution in [2.45, 2.75) is 31.2 Å². The summed E-state index contributed by atoms with van der Waals surface area (Å²) in [6.45, 7) is 3.37. The molecule has 0 radical (unpaired) electrons. The third-order valence-corrected chi connectivity index (χ3v) is 4.61. The molecule has 1 aromatic rings. The molecule has 1 N–H and O–H groups in total. The highest BCUT2D eigenvalue weighted by atomic mass is 79.9. The van der Waals surface area contributed by atoms with Gasteiger partial charge in [0.05, 0.1) is 9.40 Å². The maximum absolute atomic E-state index is 13.8. The van der Waals surface area contributed by atoms with Crippen molar-refractivity contribution in [1.29, 1.82) is 0 Å². The van der Waals surface area contributed by atoms with E-state index in [0.29, 0.717) is 12.5 Å². The Morgan fingerprint density at radius 2 is 2.11 bits per heavy atom. The number of nitro groups is 1. The number of sulfonamides is 1. The normalized spacial score (nSPS) is 13.3. The monoisotopic (exact) mass is 354 g/mol. The van der Waals surface area contributed by atoms with E-state index in [1.807, 2.05) is 0 Å². The number of halogens is 2. The Labute approximate surface area is 118 Å². The number of nitrogens with zero attached hydrogens (tertiary/aromatic N) is 1. The van der Waals surface area contributed by atoms with Gasteiger partial charge in [-0.25, -0.2) is 17.5 Å². The van der Waals surface area contributed by atoms with Gasteiger partial charge >= 0.3 is 0 Å². The van der Waals surface area contributed by atoms with Crippen LogP contribution in [0.15, 0.2) is 21.5 Å². The van der Waals surface area contributed by atoms with E-state index in [1.54, 1.807) is 13.8 Å². The molecule has 0 aliphatic rings. The van der Waals surface area contributed by atoms with Crippen LogP contribution in [0.4, 0.5) is 10.1 Å². The molecular formula is C10H12BrFN2O4S. The van der Waals surface area contributed by atoms with Crippen molar-refractivity contribution in [1.82, 2.24) is 4.72 Å². The Kier molecular flexibility index (Phi) is 4.99. The smallest absolute Gasteiger partial charge is 0.258 e. The standard InChI is InChI=1S/C10H12BrFN2O4S/c1-3-6(2)13-19(17,18)9-5-7(14(15)16)4-8(11)10(9)12/h4-6,13H,3H2,1-2H3. The summed E-state index contributed by atoms with van der Waals surface area (Å²) < 4.78 is 39.7. The first-order valence-electron chi connectivity index (χ1n) is 5.34. The topological polar surface area (TPSA) is 89.3 Å². The lowest BCUT2D eigenvalue weighted by Crippen LogP contribution is -2.32. The molecule has 6 nitrogen and oxygen atoms in total. The summed E-state index contributed by atoms with van der Waals surface area (Å²) in [7, 11) is -4.14. The number of nitro benzene ring substituents is 1. The van der Waals surface area contributed by atoms with Crippen molar-refractivity contribution in [2.24, 2.45) is 0 Å². The van der Waals surface area contributed by atoms with E-state index in [1.165, 1.54) is 0 Å². The van der Waals surface area contributed by atoms with Gasteiger partial charge in [0.15, 0.2) is 5.82 Å². The van der Waals surface area contributed by atoms with Gasteiger partial charge in [-0.1, -0.05) is 6.92 Å². The van der Waals surface area contributed by atoms with Crippen molar-refractivity contribution < 1.29 is 17.7 Å². The first kappa shape index (κ1) is 16.0. The van der Waals surface area contributed by atoms with E-state index in [0.717, 1.165) is 6.07 Å². The first-order valence-corrected chi connectivity index (χ1v) is 7.62. The van der Waals surface area contributed by atoms with Crippen LogP contribution in [0.3, 0.4) is 0 Å². The Balaban J connectivity index is 3.37. The van der Waals surface area contributed by atoms with E-state index in [9.17, 15) is 22.9 Å². The number of non-ortho nitro benzene ring substituents is 1. The molecule has 0 fully saturated rings. The van der Waals surface area contributed by atoms with E-state index in [4.69, 9.17) is 0 Å². The third kappa shape index (κ3) is 3.71. The van der Waals surface area contributed by atoms with Crippen molar-refractivity contribution >= 4 is 31.6 Å². The SMILES string of the molecule is CCC(C)NS(=O)(=O)c1cc([N+](=O)[O-])cc(Br)c1F. The second-order valence-electron chi connectivity index (χ2n) is 3.93. The fourth-order valence-electron chi connectivity index (χ4n) is 1.26. The summed E-state index contributed by atoms with van der Waals surface area (Å²) >= 11 is 2.77. The molecule has 0 saturated carbocycles. The molecule has 0 aliphatic heterocycles. The lowest BCUT2D eigenvalue weighted by molar-refractivity contribution is -0.385. The molecule has 1 atom stereocenters. The van der Waals surface area contributed by atoms with Crippen LogP contribution in [0.2, 0.25) is 0 Å². The van der Waals surface area contributed by atoms with Gasteiger partial charge in [0.1, 0.15) is 4.90 Å². The van der Waals surface area contributed by atoms with Gasteiger partial charge < -0.3 is 0 Å². The third-order valence-electron chi connectivity index (χ3n) is 2.45. The van der Waals surface area contributed by atoms with Crippen LogP contribution >= 0.6 is 15.9 Å². The largest absolute Gasteiger partial charge is 0.272 e. The minimum atomic E-state index is -4.14. The molecule has 106 valence electrons. The van der Waals surface area contributed by atoms with Crippen LogP contribution in [0.1, 0.15) is 20.3 Å². The maximum Gasteiger partial charge on any atom is 0.272 e. The summed E-state index contributed by atoms with van der Waals surface area (Å²) in [5.74, 6) is -1.05. The van der Waals surface area contributed by atoms with Crippen LogP contribution in [-0.2, 0) is 10.0 Å². The Bertz CT molecular complexity index is 606. The van der Waals surface area contributed by atoms with Gasteiger partial charge in [0.25, 0.3) is 5.69 Å². The van der Waals surface area contributed by atoms with Crippen molar-refractivity contribution in [2.75, 3.05) is 0 Å². The van der Waals surface area contributed by atoms with Gasteiger partial charge in [0.2, 0.25) is 10.0 Å². The number of hydrogen-bond donors (Lipinski definition) is 1. The van der Waals surface area contributed by atoms with Crippen LogP contribution in [0, 0.1) is 15.9 Å². The predicted octanol–water partition coefficient (Wildman–Crippen LogP) is 2.57. The van der Waals surface area contributed by atoms with E-state index < -0.39 is 37.4 Å². The van der Waals surface area contributed by atoms with Crippen LogP contribution in [0.25, 0.3) is 0 Å². The molecule has 0 spiro atoms. The quantitative estimate of drug-likeness (QED) is 0.649. The van der Waals surface area contributed by atoms with Crippen LogP contribution in [0.5, 0.6) is 0 Å². The minimum Gasteiger partial charge on any atom is -0.258 e. The molecule has 9 heteroatoms. The van der Waals surface area contributed by atoms with Gasteiger partial charge in [-0.2, -0.15) is 0 Å². The molecule has 0 amide bonds. The summed E-state index contributed by atoms with van der Waals surface area (Å²) in [5.41, 5.74) is -0.502. The van der Waals surface area contributed by atoms with Crippen molar-refractivity contribution in [3.05, 3.63) is 32.5 Å². The predicted molar refractivity (Wildman–Crippen MR) is 70.8 cm³/mol. The lowest BCUT2D eigenvalue weighted by atomic mass is 10.3. The Morgan fingerprint density at radius 3 is 2.58 bits per heavy atom. The zero-order valence-corrected chi connectivity index (χ0v) is 12.6. The fourth-order valence-corrected chi connectivity index (χ4v) is 3.29. The molecule has 1 rings (SSSR count).